The van der Waals surface area contributed by atoms with Crippen molar-refractivity contribution in [3.05, 3.63) is 40.9 Å². The number of esters is 1. The number of fused-ring (bicyclic) bond motifs is 1. The predicted molar refractivity (Wildman–Crippen MR) is 105 cm³/mol. The lowest BCUT2D eigenvalue weighted by Crippen LogP contribution is -2.21. The zero-order valence-corrected chi connectivity index (χ0v) is 16.4. The van der Waals surface area contributed by atoms with Crippen LogP contribution in [-0.2, 0) is 9.53 Å². The van der Waals surface area contributed by atoms with Gasteiger partial charge in [-0.25, -0.2) is 9.83 Å². The lowest BCUT2D eigenvalue weighted by atomic mass is 9.92. The molecule has 1 aromatic heterocycles. The molecule has 0 aliphatic carbocycles. The highest BCUT2D eigenvalue weighted by Gasteiger charge is 2.29. The van der Waals surface area contributed by atoms with E-state index in [-0.39, 0.29) is 35.7 Å². The fourth-order valence-electron chi connectivity index (χ4n) is 2.98. The Balaban J connectivity index is 2.17. The van der Waals surface area contributed by atoms with E-state index in [2.05, 4.69) is 15.9 Å². The van der Waals surface area contributed by atoms with E-state index < -0.39 is 11.9 Å². The first-order valence-electron chi connectivity index (χ1n) is 9.12. The van der Waals surface area contributed by atoms with E-state index in [9.17, 15) is 10.1 Å². The molecule has 8 nitrogen and oxygen atoms in total. The number of ether oxygens (including phenoxy) is 3. The smallest absolute Gasteiger partial charge is 0.315 e. The standard InChI is InChI=1S/C21H20N4O4/c1-5-11(2)29-21(26)12(3)18-14(9-22)17(19(24-4)20(23)25-18)13-6-7-15-16(8-13)28-10-27-15/h6-8,11-12H,5,10H2,1-3H3,(H2,23,25). The van der Waals surface area contributed by atoms with Crippen LogP contribution in [0.5, 0.6) is 11.5 Å². The van der Waals surface area contributed by atoms with Crippen LogP contribution in [0.1, 0.15) is 44.4 Å². The molecule has 0 bridgehead atoms. The van der Waals surface area contributed by atoms with E-state index in [0.29, 0.717) is 29.0 Å². The van der Waals surface area contributed by atoms with Crippen molar-refractivity contribution in [2.45, 2.75) is 39.2 Å². The molecule has 0 amide bonds. The molecule has 29 heavy (non-hydrogen) atoms. The molecule has 8 heteroatoms. The van der Waals surface area contributed by atoms with Crippen LogP contribution in [0, 0.1) is 17.9 Å². The van der Waals surface area contributed by atoms with Gasteiger partial charge in [0.05, 0.1) is 29.9 Å². The van der Waals surface area contributed by atoms with Gasteiger partial charge in [-0.05, 0) is 38.0 Å². The fourth-order valence-corrected chi connectivity index (χ4v) is 2.98. The molecule has 3 rings (SSSR count). The molecular formula is C21H20N4O4. The van der Waals surface area contributed by atoms with Crippen LogP contribution in [0.15, 0.2) is 18.2 Å². The SMILES string of the molecule is [C-]#[N+]c1c(N)nc(C(C)C(=O)OC(C)CC)c(C#N)c1-c1ccc2c(c1)OCO2. The molecule has 2 aromatic rings. The molecule has 1 aliphatic rings. The topological polar surface area (TPSA) is 112 Å². The van der Waals surface area contributed by atoms with Crippen LogP contribution in [0.25, 0.3) is 16.0 Å². The van der Waals surface area contributed by atoms with E-state index >= 15 is 0 Å². The number of hydrogen-bond donors (Lipinski definition) is 1. The number of nitrogens with two attached hydrogens (primary N) is 1. The normalized spacial score (nSPS) is 13.8. The quantitative estimate of drug-likeness (QED) is 0.606. The first-order valence-corrected chi connectivity index (χ1v) is 9.12. The van der Waals surface area contributed by atoms with Crippen LogP contribution < -0.4 is 15.2 Å². The van der Waals surface area contributed by atoms with Crippen LogP contribution in [-0.4, -0.2) is 23.9 Å². The number of aromatic nitrogens is 1. The number of carbonyl (C=O) groups excluding carboxylic acids is 1. The molecule has 2 unspecified atom stereocenters. The second-order valence-corrected chi connectivity index (χ2v) is 6.65. The van der Waals surface area contributed by atoms with Crippen molar-refractivity contribution < 1.29 is 19.0 Å². The van der Waals surface area contributed by atoms with Crippen molar-refractivity contribution in [1.82, 2.24) is 4.98 Å². The minimum atomic E-state index is -0.825. The number of rotatable bonds is 5. The number of hydrogen-bond acceptors (Lipinski definition) is 7. The Bertz CT molecular complexity index is 1050. The van der Waals surface area contributed by atoms with Crippen molar-refractivity contribution in [3.8, 4) is 28.7 Å². The van der Waals surface area contributed by atoms with Crippen LogP contribution in [0.3, 0.4) is 0 Å². The van der Waals surface area contributed by atoms with Crippen molar-refractivity contribution >= 4 is 17.5 Å². The number of nitriles is 1. The average Bonchev–Trinajstić information content (AvgIpc) is 3.19. The number of pyridine rings is 1. The monoisotopic (exact) mass is 392 g/mol. The van der Waals surface area contributed by atoms with Gasteiger partial charge in [0.1, 0.15) is 11.9 Å². The summed E-state index contributed by atoms with van der Waals surface area (Å²) in [5.74, 6) is -0.304. The molecular weight excluding hydrogens is 372 g/mol. The molecule has 0 spiro atoms. The van der Waals surface area contributed by atoms with Crippen LogP contribution in [0.4, 0.5) is 11.5 Å². The zero-order chi connectivity index (χ0) is 21.1. The minimum absolute atomic E-state index is 0.0478. The third-order valence-electron chi connectivity index (χ3n) is 4.77. The van der Waals surface area contributed by atoms with Crippen LogP contribution >= 0.6 is 0 Å². The van der Waals surface area contributed by atoms with Gasteiger partial charge in [-0.1, -0.05) is 13.0 Å². The maximum atomic E-state index is 12.5. The highest BCUT2D eigenvalue weighted by molar-refractivity contribution is 5.92. The summed E-state index contributed by atoms with van der Waals surface area (Å²) in [4.78, 5) is 20.2. The van der Waals surface area contributed by atoms with Gasteiger partial charge in [-0.3, -0.25) is 4.79 Å². The summed E-state index contributed by atoms with van der Waals surface area (Å²) in [5.41, 5.74) is 7.23. The number of anilines is 1. The van der Waals surface area contributed by atoms with Gasteiger partial charge in [0.15, 0.2) is 11.5 Å². The molecule has 0 radical (unpaired) electrons. The lowest BCUT2D eigenvalue weighted by Gasteiger charge is -2.19. The second-order valence-electron chi connectivity index (χ2n) is 6.65. The Labute approximate surface area is 168 Å². The van der Waals surface area contributed by atoms with Gasteiger partial charge in [0.25, 0.3) is 0 Å². The molecule has 0 saturated carbocycles. The Hall–Kier alpha value is -3.78. The van der Waals surface area contributed by atoms with Gasteiger partial charge in [-0.2, -0.15) is 5.26 Å². The number of nitrogens with zero attached hydrogens (tertiary/aromatic N) is 3. The molecule has 1 aliphatic heterocycles. The Morgan fingerprint density at radius 3 is 2.79 bits per heavy atom. The molecule has 0 fully saturated rings. The van der Waals surface area contributed by atoms with E-state index in [1.807, 2.05) is 6.92 Å². The van der Waals surface area contributed by atoms with Crippen molar-refractivity contribution in [1.29, 1.82) is 5.26 Å². The Kier molecular flexibility index (Phi) is 5.56. The molecule has 1 aromatic carbocycles. The van der Waals surface area contributed by atoms with Gasteiger partial charge in [0.2, 0.25) is 12.5 Å². The number of nitrogen functional groups attached to an aromatic ring is 1. The highest BCUT2D eigenvalue weighted by atomic mass is 16.7. The van der Waals surface area contributed by atoms with Crippen molar-refractivity contribution in [3.63, 3.8) is 0 Å². The lowest BCUT2D eigenvalue weighted by molar-refractivity contribution is -0.149. The molecule has 2 N–H and O–H groups in total. The Morgan fingerprint density at radius 1 is 1.41 bits per heavy atom. The predicted octanol–water partition coefficient (Wildman–Crippen LogP) is 3.93. The van der Waals surface area contributed by atoms with Crippen LogP contribution in [0.2, 0.25) is 0 Å². The van der Waals surface area contributed by atoms with Gasteiger partial charge >= 0.3 is 5.97 Å². The zero-order valence-electron chi connectivity index (χ0n) is 16.4. The summed E-state index contributed by atoms with van der Waals surface area (Å²) in [7, 11) is 0. The second kappa shape index (κ2) is 8.07. The summed E-state index contributed by atoms with van der Waals surface area (Å²) in [6.45, 7) is 12.9. The third kappa shape index (κ3) is 3.65. The van der Waals surface area contributed by atoms with Crippen molar-refractivity contribution in [2.24, 2.45) is 0 Å². The minimum Gasteiger partial charge on any atom is -0.462 e. The van der Waals surface area contributed by atoms with E-state index in [1.165, 1.54) is 0 Å². The number of carbonyl (C=O) groups is 1. The molecule has 148 valence electrons. The summed E-state index contributed by atoms with van der Waals surface area (Å²) in [6, 6.07) is 7.18. The third-order valence-corrected chi connectivity index (χ3v) is 4.77. The average molecular weight is 392 g/mol. The van der Waals surface area contributed by atoms with Gasteiger partial charge in [0, 0.05) is 5.56 Å². The summed E-state index contributed by atoms with van der Waals surface area (Å²) in [5, 5.41) is 9.88. The molecule has 2 heterocycles. The highest BCUT2D eigenvalue weighted by Crippen LogP contribution is 2.43. The maximum absolute atomic E-state index is 12.5. The maximum Gasteiger partial charge on any atom is 0.315 e. The van der Waals surface area contributed by atoms with Crippen molar-refractivity contribution in [2.75, 3.05) is 12.5 Å². The first-order chi connectivity index (χ1) is 13.9. The first kappa shape index (κ1) is 20.0. The number of benzene rings is 1. The molecule has 0 saturated heterocycles. The van der Waals surface area contributed by atoms with Gasteiger partial charge in [-0.15, -0.1) is 0 Å². The summed E-state index contributed by atoms with van der Waals surface area (Å²) < 4.78 is 16.1. The summed E-state index contributed by atoms with van der Waals surface area (Å²) in [6.07, 6.45) is 0.404. The van der Waals surface area contributed by atoms with E-state index in [0.717, 1.165) is 0 Å². The van der Waals surface area contributed by atoms with Gasteiger partial charge < -0.3 is 19.9 Å². The molecule has 2 atom stereocenters. The summed E-state index contributed by atoms with van der Waals surface area (Å²) >= 11 is 0. The Morgan fingerprint density at radius 2 is 2.14 bits per heavy atom. The van der Waals surface area contributed by atoms with E-state index in [4.69, 9.17) is 26.5 Å². The largest absolute Gasteiger partial charge is 0.462 e. The van der Waals surface area contributed by atoms with E-state index in [1.54, 1.807) is 32.0 Å². The fraction of sp³-hybridized carbons (Fsp3) is 0.333.